The summed E-state index contributed by atoms with van der Waals surface area (Å²) in [5.41, 5.74) is -1.29. The molecule has 9 heteroatoms. The molecule has 2 aliphatic rings. The largest absolute Gasteiger partial charge is 0.480 e. The summed E-state index contributed by atoms with van der Waals surface area (Å²) in [5, 5.41) is 11.3. The number of aliphatic carboxylic acids is 1. The van der Waals surface area contributed by atoms with Gasteiger partial charge in [-0.1, -0.05) is 33.6 Å². The molecule has 1 aliphatic heterocycles. The minimum absolute atomic E-state index is 0.206. The maximum Gasteiger partial charge on any atom is 0.471 e. The van der Waals surface area contributed by atoms with E-state index in [0.717, 1.165) is 30.6 Å². The molecule has 0 aromatic carbocycles. The zero-order chi connectivity index (χ0) is 19.9. The molecule has 1 heterocycles. The molecule has 26 heavy (non-hydrogen) atoms. The Bertz CT molecular complexity index is 592. The van der Waals surface area contributed by atoms with Gasteiger partial charge in [-0.05, 0) is 30.1 Å². The number of carboxylic acid groups (broad SMARTS) is 1. The number of carbonyl (C=O) groups excluding carboxylic acids is 2. The number of hydrogen-bond donors (Lipinski definition) is 2. The molecular formula is C17H25F3N2O4. The van der Waals surface area contributed by atoms with Crippen molar-refractivity contribution in [2.24, 2.45) is 10.8 Å². The highest BCUT2D eigenvalue weighted by atomic mass is 19.4. The first kappa shape index (κ1) is 20.5. The molecule has 1 spiro atoms. The van der Waals surface area contributed by atoms with Crippen molar-refractivity contribution in [1.29, 1.82) is 0 Å². The molecule has 0 bridgehead atoms. The van der Waals surface area contributed by atoms with Crippen LogP contribution in [-0.2, 0) is 14.4 Å². The Morgan fingerprint density at radius 2 is 1.69 bits per heavy atom. The molecule has 0 aromatic rings. The summed E-state index contributed by atoms with van der Waals surface area (Å²) in [6, 6.07) is -2.54. The average molecular weight is 378 g/mol. The van der Waals surface area contributed by atoms with Crippen molar-refractivity contribution >= 4 is 17.8 Å². The first-order chi connectivity index (χ1) is 11.8. The van der Waals surface area contributed by atoms with E-state index in [1.807, 2.05) is 0 Å². The van der Waals surface area contributed by atoms with Crippen LogP contribution in [0.25, 0.3) is 0 Å². The van der Waals surface area contributed by atoms with Gasteiger partial charge in [0.05, 0.1) is 0 Å². The first-order valence-electron chi connectivity index (χ1n) is 8.68. The van der Waals surface area contributed by atoms with E-state index in [4.69, 9.17) is 0 Å². The lowest BCUT2D eigenvalue weighted by molar-refractivity contribution is -0.176. The third kappa shape index (κ3) is 4.12. The molecule has 6 nitrogen and oxygen atoms in total. The Hall–Kier alpha value is -1.80. The third-order valence-corrected chi connectivity index (χ3v) is 5.39. The third-order valence-electron chi connectivity index (χ3n) is 5.39. The second-order valence-electron chi connectivity index (χ2n) is 8.50. The Morgan fingerprint density at radius 3 is 2.12 bits per heavy atom. The van der Waals surface area contributed by atoms with E-state index in [1.54, 1.807) is 5.32 Å². The van der Waals surface area contributed by atoms with E-state index in [-0.39, 0.29) is 12.0 Å². The van der Waals surface area contributed by atoms with Crippen LogP contribution < -0.4 is 5.32 Å². The van der Waals surface area contributed by atoms with Gasteiger partial charge in [0.25, 0.3) is 0 Å². The van der Waals surface area contributed by atoms with Gasteiger partial charge in [-0.25, -0.2) is 4.79 Å². The molecule has 2 fully saturated rings. The van der Waals surface area contributed by atoms with Crippen LogP contribution in [0.15, 0.2) is 0 Å². The highest BCUT2D eigenvalue weighted by Crippen LogP contribution is 2.48. The number of carboxylic acids is 1. The number of nitrogens with one attached hydrogen (secondary N) is 1. The normalized spacial score (nSPS) is 23.9. The van der Waals surface area contributed by atoms with Gasteiger partial charge in [0.2, 0.25) is 5.91 Å². The fourth-order valence-corrected chi connectivity index (χ4v) is 4.02. The smallest absolute Gasteiger partial charge is 0.471 e. The quantitative estimate of drug-likeness (QED) is 0.789. The fourth-order valence-electron chi connectivity index (χ4n) is 4.02. The molecular weight excluding hydrogens is 353 g/mol. The van der Waals surface area contributed by atoms with E-state index in [0.29, 0.717) is 6.42 Å². The SMILES string of the molecule is CC(C)(C)[C@H](NC(=O)C(F)(F)F)C(=O)N1CC2(CCCC2)C[C@H]1C(=O)O. The molecule has 0 aromatic heterocycles. The number of alkyl halides is 3. The molecule has 148 valence electrons. The predicted octanol–water partition coefficient (Wildman–Crippen LogP) is 2.33. The molecule has 1 aliphatic carbocycles. The predicted molar refractivity (Wildman–Crippen MR) is 86.1 cm³/mol. The minimum atomic E-state index is -5.12. The molecule has 0 unspecified atom stereocenters. The van der Waals surface area contributed by atoms with Gasteiger partial charge in [0, 0.05) is 6.54 Å². The molecule has 2 N–H and O–H groups in total. The molecule has 1 saturated carbocycles. The summed E-state index contributed by atoms with van der Waals surface area (Å²) < 4.78 is 38.0. The van der Waals surface area contributed by atoms with Crippen LogP contribution in [0.2, 0.25) is 0 Å². The number of carbonyl (C=O) groups is 3. The van der Waals surface area contributed by atoms with Crippen LogP contribution in [0.4, 0.5) is 13.2 Å². The second kappa shape index (κ2) is 6.74. The average Bonchev–Trinajstić information content (AvgIpc) is 3.09. The first-order valence-corrected chi connectivity index (χ1v) is 8.68. The maximum absolute atomic E-state index is 13.0. The van der Waals surface area contributed by atoms with E-state index in [1.165, 1.54) is 20.8 Å². The Labute approximate surface area is 150 Å². The fraction of sp³-hybridized carbons (Fsp3) is 0.824. The van der Waals surface area contributed by atoms with Crippen molar-refractivity contribution < 1.29 is 32.7 Å². The standard InChI is InChI=1S/C17H25F3N2O4/c1-15(2,3)11(21-14(26)17(18,19)20)12(23)22-9-16(6-4-5-7-16)8-10(22)13(24)25/h10-11H,4-9H2,1-3H3,(H,21,26)(H,24,25)/t10-,11+/m0/s1. The number of rotatable bonds is 3. The highest BCUT2D eigenvalue weighted by molar-refractivity contribution is 5.92. The molecule has 1 saturated heterocycles. The maximum atomic E-state index is 13.0. The lowest BCUT2D eigenvalue weighted by atomic mass is 9.84. The van der Waals surface area contributed by atoms with E-state index in [9.17, 15) is 32.7 Å². The second-order valence-corrected chi connectivity index (χ2v) is 8.50. The number of hydrogen-bond acceptors (Lipinski definition) is 3. The van der Waals surface area contributed by atoms with Crippen LogP contribution in [0, 0.1) is 10.8 Å². The Kier molecular flexibility index (Phi) is 5.31. The van der Waals surface area contributed by atoms with Crippen molar-refractivity contribution in [3.63, 3.8) is 0 Å². The summed E-state index contributed by atoms with van der Waals surface area (Å²) >= 11 is 0. The van der Waals surface area contributed by atoms with Gasteiger partial charge >= 0.3 is 18.1 Å². The molecule has 2 rings (SSSR count). The van der Waals surface area contributed by atoms with Gasteiger partial charge < -0.3 is 15.3 Å². The minimum Gasteiger partial charge on any atom is -0.480 e. The summed E-state index contributed by atoms with van der Waals surface area (Å²) in [5.74, 6) is -4.14. The topological polar surface area (TPSA) is 86.7 Å². The van der Waals surface area contributed by atoms with Gasteiger partial charge in [-0.2, -0.15) is 13.2 Å². The summed E-state index contributed by atoms with van der Waals surface area (Å²) in [6.45, 7) is 4.80. The highest BCUT2D eigenvalue weighted by Gasteiger charge is 2.52. The van der Waals surface area contributed by atoms with E-state index >= 15 is 0 Å². The molecule has 2 amide bonds. The lowest BCUT2D eigenvalue weighted by Gasteiger charge is -2.35. The van der Waals surface area contributed by atoms with Crippen molar-refractivity contribution in [2.45, 2.75) is 71.1 Å². The van der Waals surface area contributed by atoms with Crippen LogP contribution in [0.3, 0.4) is 0 Å². The lowest BCUT2D eigenvalue weighted by Crippen LogP contribution is -2.58. The van der Waals surface area contributed by atoms with Crippen molar-refractivity contribution in [2.75, 3.05) is 6.54 Å². The zero-order valence-electron chi connectivity index (χ0n) is 15.2. The number of nitrogens with zero attached hydrogens (tertiary/aromatic N) is 1. The van der Waals surface area contributed by atoms with Crippen LogP contribution >= 0.6 is 0 Å². The van der Waals surface area contributed by atoms with Crippen molar-refractivity contribution in [3.8, 4) is 0 Å². The monoisotopic (exact) mass is 378 g/mol. The molecule has 2 atom stereocenters. The van der Waals surface area contributed by atoms with E-state index in [2.05, 4.69) is 0 Å². The van der Waals surface area contributed by atoms with Crippen molar-refractivity contribution in [1.82, 2.24) is 10.2 Å². The number of halogens is 3. The zero-order valence-corrected chi connectivity index (χ0v) is 15.2. The summed E-state index contributed by atoms with van der Waals surface area (Å²) in [7, 11) is 0. The van der Waals surface area contributed by atoms with Crippen LogP contribution in [-0.4, -0.2) is 52.6 Å². The number of amides is 2. The molecule has 0 radical (unpaired) electrons. The van der Waals surface area contributed by atoms with Gasteiger partial charge in [-0.3, -0.25) is 9.59 Å². The summed E-state index contributed by atoms with van der Waals surface area (Å²) in [4.78, 5) is 37.2. The Balaban J connectivity index is 2.28. The Morgan fingerprint density at radius 1 is 1.15 bits per heavy atom. The van der Waals surface area contributed by atoms with E-state index < -0.39 is 41.5 Å². The van der Waals surface area contributed by atoms with Gasteiger partial charge in [0.15, 0.2) is 0 Å². The van der Waals surface area contributed by atoms with Crippen LogP contribution in [0.1, 0.15) is 52.9 Å². The number of likely N-dealkylation sites (tertiary alicyclic amines) is 1. The summed E-state index contributed by atoms with van der Waals surface area (Å²) in [6.07, 6.45) is -1.32. The van der Waals surface area contributed by atoms with Crippen molar-refractivity contribution in [3.05, 3.63) is 0 Å². The van der Waals surface area contributed by atoms with Crippen LogP contribution in [0.5, 0.6) is 0 Å². The van der Waals surface area contributed by atoms with Gasteiger partial charge in [0.1, 0.15) is 12.1 Å². The van der Waals surface area contributed by atoms with Gasteiger partial charge in [-0.15, -0.1) is 0 Å².